The zero-order valence-electron chi connectivity index (χ0n) is 11.2. The first-order valence-electron chi connectivity index (χ1n) is 6.52. The van der Waals surface area contributed by atoms with Crippen LogP contribution in [0.15, 0.2) is 18.2 Å². The van der Waals surface area contributed by atoms with E-state index in [2.05, 4.69) is 20.5 Å². The largest absolute Gasteiger partial charge is 0.379 e. The summed E-state index contributed by atoms with van der Waals surface area (Å²) in [6.07, 6.45) is 0. The number of pyridine rings is 1. The molecule has 6 heteroatoms. The highest BCUT2D eigenvalue weighted by Crippen LogP contribution is 2.03. The summed E-state index contributed by atoms with van der Waals surface area (Å²) < 4.78 is 5.28. The lowest BCUT2D eigenvalue weighted by molar-refractivity contribution is 0.0383. The zero-order chi connectivity index (χ0) is 13.5. The second-order valence-corrected chi connectivity index (χ2v) is 4.37. The maximum Gasteiger partial charge on any atom is 0.270 e. The highest BCUT2D eigenvalue weighted by Gasteiger charge is 2.11. The average Bonchev–Trinajstić information content (AvgIpc) is 2.48. The first-order chi connectivity index (χ1) is 9.29. The fourth-order valence-corrected chi connectivity index (χ4v) is 1.94. The van der Waals surface area contributed by atoms with Gasteiger partial charge < -0.3 is 15.4 Å². The normalized spacial score (nSPS) is 16.1. The molecule has 2 N–H and O–H groups in total. The van der Waals surface area contributed by atoms with E-state index in [0.717, 1.165) is 32.8 Å². The summed E-state index contributed by atoms with van der Waals surface area (Å²) in [4.78, 5) is 18.4. The Morgan fingerprint density at radius 1 is 1.42 bits per heavy atom. The summed E-state index contributed by atoms with van der Waals surface area (Å²) in [5.74, 6) is 0.561. The van der Waals surface area contributed by atoms with Gasteiger partial charge in [-0.15, -0.1) is 0 Å². The molecule has 2 heterocycles. The van der Waals surface area contributed by atoms with Gasteiger partial charge in [0.25, 0.3) is 5.91 Å². The molecule has 1 aromatic rings. The van der Waals surface area contributed by atoms with Crippen molar-refractivity contribution in [2.75, 3.05) is 51.8 Å². The van der Waals surface area contributed by atoms with E-state index >= 15 is 0 Å². The summed E-state index contributed by atoms with van der Waals surface area (Å²) in [6, 6.07) is 5.35. The maximum absolute atomic E-state index is 11.9. The van der Waals surface area contributed by atoms with E-state index < -0.39 is 0 Å². The number of nitrogens with zero attached hydrogens (tertiary/aromatic N) is 2. The summed E-state index contributed by atoms with van der Waals surface area (Å²) >= 11 is 0. The van der Waals surface area contributed by atoms with E-state index in [0.29, 0.717) is 18.1 Å². The number of hydrogen-bond donors (Lipinski definition) is 2. The molecule has 0 aliphatic carbocycles. The second-order valence-electron chi connectivity index (χ2n) is 4.37. The zero-order valence-corrected chi connectivity index (χ0v) is 11.2. The fraction of sp³-hybridized carbons (Fsp3) is 0.538. The van der Waals surface area contributed by atoms with Crippen LogP contribution in [0.5, 0.6) is 0 Å². The van der Waals surface area contributed by atoms with Crippen LogP contribution in [0.1, 0.15) is 10.5 Å². The van der Waals surface area contributed by atoms with Crippen LogP contribution in [0.3, 0.4) is 0 Å². The Labute approximate surface area is 113 Å². The van der Waals surface area contributed by atoms with E-state index in [1.165, 1.54) is 0 Å². The highest BCUT2D eigenvalue weighted by molar-refractivity contribution is 5.92. The van der Waals surface area contributed by atoms with Gasteiger partial charge in [-0.2, -0.15) is 0 Å². The standard InChI is InChI=1S/C13H20N4O2/c1-14-12-4-2-3-11(16-12)13(18)15-5-6-17-7-9-19-10-8-17/h2-4H,5-10H2,1H3,(H,14,16)(H,15,18). The third-order valence-electron chi connectivity index (χ3n) is 3.06. The summed E-state index contributed by atoms with van der Waals surface area (Å²) in [5.41, 5.74) is 0.439. The van der Waals surface area contributed by atoms with Gasteiger partial charge in [0.1, 0.15) is 11.5 Å². The highest BCUT2D eigenvalue weighted by atomic mass is 16.5. The summed E-state index contributed by atoms with van der Waals surface area (Å²) in [5, 5.41) is 5.80. The average molecular weight is 264 g/mol. The van der Waals surface area contributed by atoms with Crippen LogP contribution in [0.4, 0.5) is 5.82 Å². The minimum Gasteiger partial charge on any atom is -0.379 e. The van der Waals surface area contributed by atoms with Crippen molar-refractivity contribution in [2.24, 2.45) is 0 Å². The molecular formula is C13H20N4O2. The number of ether oxygens (including phenoxy) is 1. The lowest BCUT2D eigenvalue weighted by Crippen LogP contribution is -2.41. The Morgan fingerprint density at radius 2 is 2.21 bits per heavy atom. The molecule has 1 aliphatic heterocycles. The van der Waals surface area contributed by atoms with E-state index in [4.69, 9.17) is 4.74 Å². The van der Waals surface area contributed by atoms with Crippen molar-refractivity contribution in [1.82, 2.24) is 15.2 Å². The van der Waals surface area contributed by atoms with Crippen molar-refractivity contribution in [1.29, 1.82) is 0 Å². The minimum atomic E-state index is -0.134. The molecule has 1 saturated heterocycles. The number of morpholine rings is 1. The van der Waals surface area contributed by atoms with Crippen LogP contribution in [0, 0.1) is 0 Å². The Kier molecular flexibility index (Phi) is 5.11. The fourth-order valence-electron chi connectivity index (χ4n) is 1.94. The molecule has 1 fully saturated rings. The molecule has 0 spiro atoms. The van der Waals surface area contributed by atoms with Gasteiger partial charge in [-0.25, -0.2) is 4.98 Å². The molecule has 6 nitrogen and oxygen atoms in total. The Balaban J connectivity index is 1.77. The smallest absolute Gasteiger partial charge is 0.270 e. The second kappa shape index (κ2) is 7.06. The van der Waals surface area contributed by atoms with Crippen LogP contribution >= 0.6 is 0 Å². The SMILES string of the molecule is CNc1cccc(C(=O)NCCN2CCOCC2)n1. The van der Waals surface area contributed by atoms with Crippen molar-refractivity contribution in [3.05, 3.63) is 23.9 Å². The van der Waals surface area contributed by atoms with Crippen LogP contribution in [0.2, 0.25) is 0 Å². The van der Waals surface area contributed by atoms with Gasteiger partial charge in [0.15, 0.2) is 0 Å². The van der Waals surface area contributed by atoms with Gasteiger partial charge in [0, 0.05) is 33.2 Å². The molecule has 2 rings (SSSR count). The van der Waals surface area contributed by atoms with E-state index in [1.54, 1.807) is 13.1 Å². The predicted molar refractivity (Wildman–Crippen MR) is 73.4 cm³/mol. The molecule has 0 saturated carbocycles. The molecule has 0 aromatic carbocycles. The minimum absolute atomic E-state index is 0.134. The quantitative estimate of drug-likeness (QED) is 0.794. The Morgan fingerprint density at radius 3 is 2.95 bits per heavy atom. The van der Waals surface area contributed by atoms with E-state index in [1.807, 2.05) is 12.1 Å². The van der Waals surface area contributed by atoms with Crippen molar-refractivity contribution in [3.63, 3.8) is 0 Å². The Hall–Kier alpha value is -1.66. The van der Waals surface area contributed by atoms with Gasteiger partial charge in [0.05, 0.1) is 13.2 Å². The maximum atomic E-state index is 11.9. The number of hydrogen-bond acceptors (Lipinski definition) is 5. The Bertz CT molecular complexity index is 419. The monoisotopic (exact) mass is 264 g/mol. The van der Waals surface area contributed by atoms with E-state index in [9.17, 15) is 4.79 Å². The number of anilines is 1. The van der Waals surface area contributed by atoms with Gasteiger partial charge in [0.2, 0.25) is 0 Å². The molecular weight excluding hydrogens is 244 g/mol. The van der Waals surface area contributed by atoms with Crippen molar-refractivity contribution in [2.45, 2.75) is 0 Å². The van der Waals surface area contributed by atoms with Crippen LogP contribution in [-0.2, 0) is 4.74 Å². The van der Waals surface area contributed by atoms with E-state index in [-0.39, 0.29) is 5.91 Å². The number of carbonyl (C=O) groups excluding carboxylic acids is 1. The molecule has 104 valence electrons. The first-order valence-corrected chi connectivity index (χ1v) is 6.52. The summed E-state index contributed by atoms with van der Waals surface area (Å²) in [7, 11) is 1.78. The summed E-state index contributed by atoms with van der Waals surface area (Å²) in [6.45, 7) is 4.90. The van der Waals surface area contributed by atoms with Gasteiger partial charge >= 0.3 is 0 Å². The van der Waals surface area contributed by atoms with Gasteiger partial charge in [-0.05, 0) is 12.1 Å². The third kappa shape index (κ3) is 4.18. The topological polar surface area (TPSA) is 66.5 Å². The molecule has 19 heavy (non-hydrogen) atoms. The lowest BCUT2D eigenvalue weighted by Gasteiger charge is -2.26. The number of amides is 1. The van der Waals surface area contributed by atoms with Crippen LogP contribution in [0.25, 0.3) is 0 Å². The molecule has 0 unspecified atom stereocenters. The van der Waals surface area contributed by atoms with Gasteiger partial charge in [-0.3, -0.25) is 9.69 Å². The first kappa shape index (κ1) is 13.8. The van der Waals surface area contributed by atoms with Crippen LogP contribution in [-0.4, -0.2) is 62.2 Å². The third-order valence-corrected chi connectivity index (χ3v) is 3.06. The molecule has 1 amide bonds. The molecule has 0 bridgehead atoms. The van der Waals surface area contributed by atoms with Crippen LogP contribution < -0.4 is 10.6 Å². The predicted octanol–water partition coefficient (Wildman–Crippen LogP) is 0.185. The van der Waals surface area contributed by atoms with Crippen molar-refractivity contribution in [3.8, 4) is 0 Å². The molecule has 1 aromatic heterocycles. The van der Waals surface area contributed by atoms with Crippen molar-refractivity contribution < 1.29 is 9.53 Å². The lowest BCUT2D eigenvalue weighted by atomic mass is 10.3. The number of rotatable bonds is 5. The molecule has 0 radical (unpaired) electrons. The molecule has 1 aliphatic rings. The number of nitrogens with one attached hydrogen (secondary N) is 2. The number of carbonyl (C=O) groups is 1. The van der Waals surface area contributed by atoms with Gasteiger partial charge in [-0.1, -0.05) is 6.07 Å². The van der Waals surface area contributed by atoms with Crippen molar-refractivity contribution >= 4 is 11.7 Å². The number of aromatic nitrogens is 1. The molecule has 0 atom stereocenters.